The molecule has 0 amide bonds. The summed E-state index contributed by atoms with van der Waals surface area (Å²) >= 11 is 0. The Kier molecular flexibility index (Phi) is 16.5. The molecule has 0 saturated carbocycles. The van der Waals surface area contributed by atoms with Gasteiger partial charge in [-0.3, -0.25) is 4.90 Å². The number of rotatable bonds is 17. The molecule has 0 rings (SSSR count). The van der Waals surface area contributed by atoms with Crippen molar-refractivity contribution in [2.45, 2.75) is 83.3 Å². The molecule has 0 fully saturated rings. The number of hydrogen-bond donors (Lipinski definition) is 4. The zero-order valence-corrected chi connectivity index (χ0v) is 15.0. The Bertz CT molecular complexity index is 229. The van der Waals surface area contributed by atoms with Gasteiger partial charge in [0.15, 0.2) is 0 Å². The minimum Gasteiger partial charge on any atom is -0.394 e. The van der Waals surface area contributed by atoms with E-state index in [0.717, 1.165) is 19.4 Å². The minimum atomic E-state index is -0.788. The molecule has 0 aromatic rings. The zero-order valence-electron chi connectivity index (χ0n) is 15.0. The first kappa shape index (κ1) is 22.8. The monoisotopic (exact) mass is 333 g/mol. The first-order valence-corrected chi connectivity index (χ1v) is 9.44. The van der Waals surface area contributed by atoms with Crippen molar-refractivity contribution in [3.05, 3.63) is 0 Å². The molecule has 2 atom stereocenters. The Morgan fingerprint density at radius 2 is 1.04 bits per heavy atom. The van der Waals surface area contributed by atoms with E-state index in [9.17, 15) is 10.2 Å². The van der Waals surface area contributed by atoms with E-state index >= 15 is 0 Å². The number of aliphatic hydroxyl groups is 4. The molecule has 5 nitrogen and oxygen atoms in total. The Balaban J connectivity index is 3.65. The molecule has 0 saturated heterocycles. The van der Waals surface area contributed by atoms with Crippen LogP contribution in [0.5, 0.6) is 0 Å². The van der Waals surface area contributed by atoms with Gasteiger partial charge in [-0.1, -0.05) is 64.7 Å². The summed E-state index contributed by atoms with van der Waals surface area (Å²) in [6.07, 6.45) is 11.2. The highest BCUT2D eigenvalue weighted by Gasteiger charge is 2.14. The van der Waals surface area contributed by atoms with E-state index in [1.165, 1.54) is 51.4 Å². The van der Waals surface area contributed by atoms with Gasteiger partial charge >= 0.3 is 0 Å². The van der Waals surface area contributed by atoms with Crippen LogP contribution in [0.3, 0.4) is 0 Å². The lowest BCUT2D eigenvalue weighted by Gasteiger charge is -2.26. The summed E-state index contributed by atoms with van der Waals surface area (Å²) < 4.78 is 0. The van der Waals surface area contributed by atoms with Crippen LogP contribution in [-0.2, 0) is 0 Å². The second-order valence-corrected chi connectivity index (χ2v) is 6.61. The normalized spacial score (nSPS) is 14.3. The number of hydrogen-bond acceptors (Lipinski definition) is 5. The largest absolute Gasteiger partial charge is 0.394 e. The van der Waals surface area contributed by atoms with Gasteiger partial charge in [-0.15, -0.1) is 0 Å². The smallest absolute Gasteiger partial charge is 0.0897 e. The lowest BCUT2D eigenvalue weighted by Crippen LogP contribution is -2.40. The van der Waals surface area contributed by atoms with Gasteiger partial charge in [0.2, 0.25) is 0 Å². The standard InChI is InChI=1S/C18H39NO4/c1-2-3-4-5-6-7-8-9-10-11-12-19(13-17(22)15-20)14-18(23)16-21/h17-18,20-23H,2-16H2,1H3/t17-,18-/m0/s1. The molecule has 5 heteroatoms. The maximum atomic E-state index is 9.54. The molecule has 0 heterocycles. The molecule has 0 spiro atoms. The second-order valence-electron chi connectivity index (χ2n) is 6.61. The predicted molar refractivity (Wildman–Crippen MR) is 94.5 cm³/mol. The second kappa shape index (κ2) is 16.7. The molecule has 0 radical (unpaired) electrons. The van der Waals surface area contributed by atoms with E-state index in [2.05, 4.69) is 6.92 Å². The van der Waals surface area contributed by atoms with E-state index in [-0.39, 0.29) is 13.2 Å². The van der Waals surface area contributed by atoms with E-state index in [4.69, 9.17) is 10.2 Å². The molecule has 140 valence electrons. The van der Waals surface area contributed by atoms with Crippen LogP contribution in [0.4, 0.5) is 0 Å². The van der Waals surface area contributed by atoms with Crippen molar-refractivity contribution in [2.75, 3.05) is 32.8 Å². The van der Waals surface area contributed by atoms with Crippen LogP contribution < -0.4 is 0 Å². The van der Waals surface area contributed by atoms with Gasteiger partial charge in [0.05, 0.1) is 25.4 Å². The van der Waals surface area contributed by atoms with Crippen molar-refractivity contribution in [2.24, 2.45) is 0 Å². The Morgan fingerprint density at radius 3 is 1.43 bits per heavy atom. The van der Waals surface area contributed by atoms with Gasteiger partial charge in [0.25, 0.3) is 0 Å². The van der Waals surface area contributed by atoms with Gasteiger partial charge in [-0.25, -0.2) is 0 Å². The van der Waals surface area contributed by atoms with Gasteiger partial charge in [-0.2, -0.15) is 0 Å². The average Bonchev–Trinajstić information content (AvgIpc) is 2.55. The van der Waals surface area contributed by atoms with E-state index in [0.29, 0.717) is 13.1 Å². The van der Waals surface area contributed by atoms with Crippen molar-refractivity contribution in [3.63, 3.8) is 0 Å². The van der Waals surface area contributed by atoms with Gasteiger partial charge < -0.3 is 20.4 Å². The van der Waals surface area contributed by atoms with Crippen LogP contribution in [0.1, 0.15) is 71.1 Å². The Labute approximate surface area is 142 Å². The lowest BCUT2D eigenvalue weighted by atomic mass is 10.1. The number of aliphatic hydroxyl groups excluding tert-OH is 4. The van der Waals surface area contributed by atoms with Gasteiger partial charge in [0, 0.05) is 13.1 Å². The summed E-state index contributed by atoms with van der Waals surface area (Å²) in [5, 5.41) is 36.9. The zero-order chi connectivity index (χ0) is 17.3. The molecule has 0 aliphatic carbocycles. The van der Waals surface area contributed by atoms with Crippen molar-refractivity contribution in [1.82, 2.24) is 4.90 Å². The van der Waals surface area contributed by atoms with E-state index < -0.39 is 12.2 Å². The third-order valence-electron chi connectivity index (χ3n) is 4.19. The van der Waals surface area contributed by atoms with Crippen LogP contribution >= 0.6 is 0 Å². The fourth-order valence-corrected chi connectivity index (χ4v) is 2.79. The Morgan fingerprint density at radius 1 is 0.652 bits per heavy atom. The van der Waals surface area contributed by atoms with E-state index in [1.807, 2.05) is 4.90 Å². The fourth-order valence-electron chi connectivity index (χ4n) is 2.79. The summed E-state index contributed by atoms with van der Waals surface area (Å²) in [6, 6.07) is 0. The van der Waals surface area contributed by atoms with Crippen molar-refractivity contribution in [1.29, 1.82) is 0 Å². The average molecular weight is 334 g/mol. The van der Waals surface area contributed by atoms with Crippen LogP contribution in [0.15, 0.2) is 0 Å². The minimum absolute atomic E-state index is 0.274. The fraction of sp³-hybridized carbons (Fsp3) is 1.00. The SMILES string of the molecule is CCCCCCCCCCCCN(C[C@H](O)CO)C[C@H](O)CO. The van der Waals surface area contributed by atoms with Crippen LogP contribution in [0.2, 0.25) is 0 Å². The highest BCUT2D eigenvalue weighted by molar-refractivity contribution is 4.68. The van der Waals surface area contributed by atoms with Crippen molar-refractivity contribution in [3.8, 4) is 0 Å². The molecule has 23 heavy (non-hydrogen) atoms. The maximum absolute atomic E-state index is 9.54. The molecule has 0 unspecified atom stereocenters. The molecule has 0 aromatic heterocycles. The molecule has 0 aliphatic heterocycles. The van der Waals surface area contributed by atoms with Crippen LogP contribution in [0.25, 0.3) is 0 Å². The third kappa shape index (κ3) is 15.1. The van der Waals surface area contributed by atoms with Crippen molar-refractivity contribution >= 4 is 0 Å². The summed E-state index contributed by atoms with van der Waals surface area (Å²) in [5.41, 5.74) is 0. The van der Waals surface area contributed by atoms with Crippen LogP contribution in [-0.4, -0.2) is 70.4 Å². The van der Waals surface area contributed by atoms with Gasteiger partial charge in [0.1, 0.15) is 0 Å². The highest BCUT2D eigenvalue weighted by atomic mass is 16.3. The summed E-state index contributed by atoms with van der Waals surface area (Å²) in [4.78, 5) is 1.92. The molecular formula is C18H39NO4. The summed E-state index contributed by atoms with van der Waals surface area (Å²) in [5.74, 6) is 0. The van der Waals surface area contributed by atoms with Gasteiger partial charge in [-0.05, 0) is 13.0 Å². The number of unbranched alkanes of at least 4 members (excludes halogenated alkanes) is 9. The molecule has 0 aromatic carbocycles. The molecule has 4 N–H and O–H groups in total. The van der Waals surface area contributed by atoms with Crippen LogP contribution in [0, 0.1) is 0 Å². The molecule has 0 aliphatic rings. The summed E-state index contributed by atoms with van der Waals surface area (Å²) in [6.45, 7) is 3.15. The lowest BCUT2D eigenvalue weighted by molar-refractivity contribution is 0.0228. The first-order valence-electron chi connectivity index (χ1n) is 9.44. The molecular weight excluding hydrogens is 294 g/mol. The first-order chi connectivity index (χ1) is 11.1. The quantitative estimate of drug-likeness (QED) is 0.306. The molecule has 0 bridgehead atoms. The third-order valence-corrected chi connectivity index (χ3v) is 4.19. The number of nitrogens with zero attached hydrogens (tertiary/aromatic N) is 1. The summed E-state index contributed by atoms with van der Waals surface area (Å²) in [7, 11) is 0. The predicted octanol–water partition coefficient (Wildman–Crippen LogP) is 1.92. The topological polar surface area (TPSA) is 84.2 Å². The Hall–Kier alpha value is -0.200. The van der Waals surface area contributed by atoms with Crippen molar-refractivity contribution < 1.29 is 20.4 Å². The highest BCUT2D eigenvalue weighted by Crippen LogP contribution is 2.11. The van der Waals surface area contributed by atoms with E-state index in [1.54, 1.807) is 0 Å². The maximum Gasteiger partial charge on any atom is 0.0897 e.